The lowest BCUT2D eigenvalue weighted by Gasteiger charge is -2.20. The molecule has 1 N–H and O–H groups in total. The second-order valence-corrected chi connectivity index (χ2v) is 4.69. The van der Waals surface area contributed by atoms with Crippen molar-refractivity contribution in [1.82, 2.24) is 0 Å². The molecule has 0 fully saturated rings. The molecule has 1 aromatic rings. The molecule has 1 rings (SSSR count). The quantitative estimate of drug-likeness (QED) is 0.820. The fraction of sp³-hybridized carbons (Fsp3) is 0.462. The van der Waals surface area contributed by atoms with E-state index in [1.165, 1.54) is 7.11 Å². The van der Waals surface area contributed by atoms with Gasteiger partial charge in [-0.2, -0.15) is 0 Å². The summed E-state index contributed by atoms with van der Waals surface area (Å²) >= 11 is 0. The van der Waals surface area contributed by atoms with Crippen LogP contribution < -0.4 is 4.74 Å². The topological polar surface area (TPSA) is 55.8 Å². The number of ether oxygens (including phenoxy) is 2. The molecule has 0 aliphatic rings. The molecule has 0 bridgehead atoms. The first-order valence-corrected chi connectivity index (χ1v) is 5.38. The first-order chi connectivity index (χ1) is 7.87. The maximum Gasteiger partial charge on any atom is 0.342 e. The highest BCUT2D eigenvalue weighted by atomic mass is 16.6. The van der Waals surface area contributed by atoms with E-state index >= 15 is 0 Å². The number of benzene rings is 1. The second kappa shape index (κ2) is 5.19. The van der Waals surface area contributed by atoms with Crippen LogP contribution in [0.25, 0.3) is 0 Å². The monoisotopic (exact) mass is 238 g/mol. The molecule has 0 aliphatic carbocycles. The Kier molecular flexibility index (Phi) is 4.12. The number of carbonyl (C=O) groups is 1. The summed E-state index contributed by atoms with van der Waals surface area (Å²) in [4.78, 5) is 11.9. The number of aliphatic hydroxyl groups excluding tert-OH is 1. The van der Waals surface area contributed by atoms with Gasteiger partial charge in [-0.15, -0.1) is 0 Å². The fourth-order valence-corrected chi connectivity index (χ4v) is 1.35. The summed E-state index contributed by atoms with van der Waals surface area (Å²) in [5.41, 5.74) is 0.415. The molecular formula is C13H18O4. The molecule has 0 radical (unpaired) electrons. The van der Waals surface area contributed by atoms with Crippen LogP contribution in [0.1, 0.15) is 36.7 Å². The van der Waals surface area contributed by atoms with Crippen molar-refractivity contribution in [2.24, 2.45) is 0 Å². The molecule has 4 heteroatoms. The summed E-state index contributed by atoms with van der Waals surface area (Å²) in [7, 11) is 1.49. The molecular weight excluding hydrogens is 220 g/mol. The molecule has 94 valence electrons. The van der Waals surface area contributed by atoms with Gasteiger partial charge in [0, 0.05) is 0 Å². The largest absolute Gasteiger partial charge is 0.496 e. The summed E-state index contributed by atoms with van der Waals surface area (Å²) < 4.78 is 10.4. The van der Waals surface area contributed by atoms with Crippen LogP contribution in [0.2, 0.25) is 0 Å². The molecule has 17 heavy (non-hydrogen) atoms. The number of aliphatic hydroxyl groups is 1. The Hall–Kier alpha value is -1.55. The van der Waals surface area contributed by atoms with Gasteiger partial charge in [-0.05, 0) is 38.5 Å². The third-order valence-corrected chi connectivity index (χ3v) is 2.07. The van der Waals surface area contributed by atoms with Crippen LogP contribution in [0.15, 0.2) is 18.2 Å². The Morgan fingerprint density at radius 2 is 2.00 bits per heavy atom. The van der Waals surface area contributed by atoms with Gasteiger partial charge in [0.1, 0.15) is 16.9 Å². The van der Waals surface area contributed by atoms with Crippen molar-refractivity contribution in [2.45, 2.75) is 33.0 Å². The van der Waals surface area contributed by atoms with Crippen LogP contribution in [-0.4, -0.2) is 23.8 Å². The van der Waals surface area contributed by atoms with E-state index in [1.807, 2.05) is 0 Å². The maximum absolute atomic E-state index is 11.9. The average molecular weight is 238 g/mol. The summed E-state index contributed by atoms with van der Waals surface area (Å²) in [5.74, 6) is -0.0129. The molecule has 0 aliphatic heterocycles. The molecule has 0 aromatic heterocycles. The molecule has 0 saturated carbocycles. The van der Waals surface area contributed by atoms with Gasteiger partial charge in [0.05, 0.1) is 13.7 Å². The number of rotatable bonds is 3. The number of hydrogen-bond donors (Lipinski definition) is 1. The van der Waals surface area contributed by atoms with Crippen LogP contribution in [0.3, 0.4) is 0 Å². The fourth-order valence-electron chi connectivity index (χ4n) is 1.35. The van der Waals surface area contributed by atoms with E-state index in [0.717, 1.165) is 0 Å². The smallest absolute Gasteiger partial charge is 0.342 e. The molecule has 1 aromatic carbocycles. The molecule has 0 atom stereocenters. The Morgan fingerprint density at radius 1 is 1.35 bits per heavy atom. The highest BCUT2D eigenvalue weighted by molar-refractivity contribution is 5.93. The minimum atomic E-state index is -0.558. The third kappa shape index (κ3) is 3.75. The lowest BCUT2D eigenvalue weighted by molar-refractivity contribution is 0.00664. The Bertz CT molecular complexity index is 404. The SMILES string of the molecule is COc1ccc(CO)cc1C(=O)OC(C)(C)C. The standard InChI is InChI=1S/C13H18O4/c1-13(2,3)17-12(15)10-7-9(8-14)5-6-11(10)16-4/h5-7,14H,8H2,1-4H3. The van der Waals surface area contributed by atoms with E-state index in [0.29, 0.717) is 16.9 Å². The highest BCUT2D eigenvalue weighted by Gasteiger charge is 2.21. The number of esters is 1. The lowest BCUT2D eigenvalue weighted by Crippen LogP contribution is -2.24. The summed E-state index contributed by atoms with van der Waals surface area (Å²) in [5, 5.41) is 9.05. The lowest BCUT2D eigenvalue weighted by atomic mass is 10.1. The van der Waals surface area contributed by atoms with Crippen LogP contribution in [-0.2, 0) is 11.3 Å². The average Bonchev–Trinajstić information content (AvgIpc) is 2.25. The summed E-state index contributed by atoms with van der Waals surface area (Å²) in [6.45, 7) is 5.27. The minimum absolute atomic E-state index is 0.125. The van der Waals surface area contributed by atoms with Crippen molar-refractivity contribution in [3.8, 4) is 5.75 Å². The van der Waals surface area contributed by atoms with Gasteiger partial charge in [0.2, 0.25) is 0 Å². The van der Waals surface area contributed by atoms with Gasteiger partial charge >= 0.3 is 5.97 Å². The highest BCUT2D eigenvalue weighted by Crippen LogP contribution is 2.23. The summed E-state index contributed by atoms with van der Waals surface area (Å²) in [6, 6.07) is 4.92. The minimum Gasteiger partial charge on any atom is -0.496 e. The van der Waals surface area contributed by atoms with E-state index in [1.54, 1.807) is 39.0 Å². The first-order valence-electron chi connectivity index (χ1n) is 5.38. The zero-order valence-corrected chi connectivity index (χ0v) is 10.6. The van der Waals surface area contributed by atoms with Gasteiger partial charge < -0.3 is 14.6 Å². The second-order valence-electron chi connectivity index (χ2n) is 4.69. The number of hydrogen-bond acceptors (Lipinski definition) is 4. The molecule has 4 nitrogen and oxygen atoms in total. The predicted octanol–water partition coefficient (Wildman–Crippen LogP) is 2.14. The molecule has 0 spiro atoms. The van der Waals surface area contributed by atoms with E-state index in [2.05, 4.69) is 0 Å². The van der Waals surface area contributed by atoms with Gasteiger partial charge in [0.25, 0.3) is 0 Å². The molecule has 0 unspecified atom stereocenters. The van der Waals surface area contributed by atoms with Gasteiger partial charge in [-0.1, -0.05) is 6.07 Å². The first kappa shape index (κ1) is 13.5. The molecule has 0 saturated heterocycles. The van der Waals surface area contributed by atoms with Crippen molar-refractivity contribution in [1.29, 1.82) is 0 Å². The van der Waals surface area contributed by atoms with E-state index in [9.17, 15) is 4.79 Å². The van der Waals surface area contributed by atoms with E-state index in [-0.39, 0.29) is 6.61 Å². The van der Waals surface area contributed by atoms with Crippen molar-refractivity contribution < 1.29 is 19.4 Å². The van der Waals surface area contributed by atoms with Crippen molar-refractivity contribution in [3.05, 3.63) is 29.3 Å². The molecule has 0 amide bonds. The Morgan fingerprint density at radius 3 is 2.47 bits per heavy atom. The predicted molar refractivity (Wildman–Crippen MR) is 64.1 cm³/mol. The van der Waals surface area contributed by atoms with E-state index in [4.69, 9.17) is 14.6 Å². The van der Waals surface area contributed by atoms with E-state index < -0.39 is 11.6 Å². The van der Waals surface area contributed by atoms with Gasteiger partial charge in [-0.25, -0.2) is 4.79 Å². The molecule has 0 heterocycles. The van der Waals surface area contributed by atoms with Crippen molar-refractivity contribution in [3.63, 3.8) is 0 Å². The normalized spacial score (nSPS) is 11.1. The van der Waals surface area contributed by atoms with Crippen LogP contribution in [0.4, 0.5) is 0 Å². The maximum atomic E-state index is 11.9. The van der Waals surface area contributed by atoms with Crippen molar-refractivity contribution >= 4 is 5.97 Å². The Labute approximate surface area is 101 Å². The Balaban J connectivity index is 3.05. The van der Waals surface area contributed by atoms with Crippen LogP contribution in [0, 0.1) is 0 Å². The van der Waals surface area contributed by atoms with Gasteiger partial charge in [0.15, 0.2) is 0 Å². The van der Waals surface area contributed by atoms with Gasteiger partial charge in [-0.3, -0.25) is 0 Å². The third-order valence-electron chi connectivity index (χ3n) is 2.07. The zero-order valence-electron chi connectivity index (χ0n) is 10.6. The van der Waals surface area contributed by atoms with Crippen LogP contribution >= 0.6 is 0 Å². The summed E-state index contributed by atoms with van der Waals surface area (Å²) in [6.07, 6.45) is 0. The van der Waals surface area contributed by atoms with Crippen LogP contribution in [0.5, 0.6) is 5.75 Å². The van der Waals surface area contributed by atoms with Crippen molar-refractivity contribution in [2.75, 3.05) is 7.11 Å². The number of carbonyl (C=O) groups excluding carboxylic acids is 1. The number of methoxy groups -OCH3 is 1. The zero-order chi connectivity index (χ0) is 13.1.